The van der Waals surface area contributed by atoms with Gasteiger partial charge in [-0.05, 0) is 23.0 Å². The molecule has 1 aromatic carbocycles. The predicted molar refractivity (Wildman–Crippen MR) is 81.1 cm³/mol. The van der Waals surface area contributed by atoms with Crippen LogP contribution in [0.25, 0.3) is 0 Å². The number of ether oxygens (including phenoxy) is 1. The van der Waals surface area contributed by atoms with E-state index in [0.29, 0.717) is 6.42 Å². The van der Waals surface area contributed by atoms with E-state index in [1.807, 2.05) is 0 Å². The third-order valence-electron chi connectivity index (χ3n) is 4.01. The number of rotatable bonds is 4. The minimum absolute atomic E-state index is 0.0535. The fraction of sp³-hybridized carbons (Fsp3) is 0.588. The van der Waals surface area contributed by atoms with E-state index in [1.54, 1.807) is 7.11 Å². The number of carbonyl (C=O) groups is 1. The molecule has 1 heterocycles. The Labute approximate surface area is 121 Å². The maximum atomic E-state index is 12.2. The van der Waals surface area contributed by atoms with Crippen LogP contribution in [0.1, 0.15) is 38.3 Å². The van der Waals surface area contributed by atoms with Crippen molar-refractivity contribution in [3.05, 3.63) is 35.4 Å². The molecule has 3 nitrogen and oxygen atoms in total. The smallest absolute Gasteiger partial charge is 0.154 e. The van der Waals surface area contributed by atoms with Gasteiger partial charge in [0.1, 0.15) is 0 Å². The van der Waals surface area contributed by atoms with Crippen LogP contribution in [0.2, 0.25) is 0 Å². The average Bonchev–Trinajstić information content (AvgIpc) is 2.87. The largest absolute Gasteiger partial charge is 0.380 e. The zero-order chi connectivity index (χ0) is 14.8. The molecule has 2 atom stereocenters. The Balaban J connectivity index is 1.95. The second kappa shape index (κ2) is 6.06. The lowest BCUT2D eigenvalue weighted by atomic mass is 9.86. The molecule has 0 aromatic heterocycles. The van der Waals surface area contributed by atoms with Crippen molar-refractivity contribution >= 4 is 5.78 Å². The second-order valence-corrected chi connectivity index (χ2v) is 6.64. The highest BCUT2D eigenvalue weighted by Crippen LogP contribution is 2.22. The maximum Gasteiger partial charge on any atom is 0.154 e. The highest BCUT2D eigenvalue weighted by atomic mass is 16.5. The summed E-state index contributed by atoms with van der Waals surface area (Å²) in [5.41, 5.74) is 2.54. The van der Waals surface area contributed by atoms with Crippen LogP contribution >= 0.6 is 0 Å². The number of hydrogen-bond donors (Lipinski definition) is 1. The Hall–Kier alpha value is -1.19. The van der Waals surface area contributed by atoms with Gasteiger partial charge in [0.05, 0.1) is 12.1 Å². The number of Topliss-reactive ketones (excluding diaryl/α,β-unsaturated/α-hetero) is 1. The molecule has 0 saturated carbocycles. The Morgan fingerprint density at radius 3 is 2.45 bits per heavy atom. The third kappa shape index (κ3) is 3.68. The Morgan fingerprint density at radius 1 is 1.30 bits per heavy atom. The molecule has 1 aliphatic rings. The van der Waals surface area contributed by atoms with Gasteiger partial charge in [0, 0.05) is 20.1 Å². The Kier molecular flexibility index (Phi) is 4.61. The summed E-state index contributed by atoms with van der Waals surface area (Å²) >= 11 is 0. The van der Waals surface area contributed by atoms with Crippen molar-refractivity contribution in [2.45, 2.75) is 51.2 Å². The Morgan fingerprint density at radius 2 is 1.95 bits per heavy atom. The Bertz CT molecular complexity index is 459. The lowest BCUT2D eigenvalue weighted by molar-refractivity contribution is -0.120. The first-order valence-electron chi connectivity index (χ1n) is 7.28. The molecule has 2 rings (SSSR count). The molecular weight excluding hydrogens is 250 g/mol. The van der Waals surface area contributed by atoms with Gasteiger partial charge in [0.2, 0.25) is 0 Å². The van der Waals surface area contributed by atoms with Crippen LogP contribution in [0, 0.1) is 0 Å². The van der Waals surface area contributed by atoms with Gasteiger partial charge in [-0.15, -0.1) is 0 Å². The minimum atomic E-state index is -0.0535. The normalized spacial score (nSPS) is 23.0. The third-order valence-corrected chi connectivity index (χ3v) is 4.01. The monoisotopic (exact) mass is 275 g/mol. The molecular formula is C17H25NO2. The molecule has 0 spiro atoms. The van der Waals surface area contributed by atoms with Crippen LogP contribution in [0.4, 0.5) is 0 Å². The van der Waals surface area contributed by atoms with E-state index in [0.717, 1.165) is 18.5 Å². The predicted octanol–water partition coefficient (Wildman–Crippen LogP) is 2.47. The average molecular weight is 275 g/mol. The van der Waals surface area contributed by atoms with Gasteiger partial charge in [-0.3, -0.25) is 4.79 Å². The van der Waals surface area contributed by atoms with Crippen molar-refractivity contribution in [1.82, 2.24) is 5.32 Å². The molecule has 20 heavy (non-hydrogen) atoms. The van der Waals surface area contributed by atoms with Crippen molar-refractivity contribution in [2.75, 3.05) is 13.7 Å². The first-order valence-corrected chi connectivity index (χ1v) is 7.28. The van der Waals surface area contributed by atoms with Crippen molar-refractivity contribution in [3.63, 3.8) is 0 Å². The summed E-state index contributed by atoms with van der Waals surface area (Å²) in [6, 6.07) is 8.34. The molecule has 1 fully saturated rings. The second-order valence-electron chi connectivity index (χ2n) is 6.64. The number of ketones is 1. The maximum absolute atomic E-state index is 12.2. The first-order chi connectivity index (χ1) is 9.40. The SMILES string of the molecule is COC1CNC(C(=O)Cc2ccc(C(C)(C)C)cc2)C1. The van der Waals surface area contributed by atoms with E-state index in [4.69, 9.17) is 4.74 Å². The van der Waals surface area contributed by atoms with Gasteiger partial charge in [0.15, 0.2) is 5.78 Å². The molecule has 0 bridgehead atoms. The number of benzene rings is 1. The number of methoxy groups -OCH3 is 1. The quantitative estimate of drug-likeness (QED) is 0.917. The number of nitrogens with one attached hydrogen (secondary N) is 1. The van der Waals surface area contributed by atoms with Gasteiger partial charge in [-0.1, -0.05) is 45.0 Å². The van der Waals surface area contributed by atoms with Crippen LogP contribution in [0.3, 0.4) is 0 Å². The first kappa shape index (κ1) is 15.2. The highest BCUT2D eigenvalue weighted by Gasteiger charge is 2.28. The molecule has 0 radical (unpaired) electrons. The summed E-state index contributed by atoms with van der Waals surface area (Å²) in [5.74, 6) is 0.257. The van der Waals surface area contributed by atoms with Crippen LogP contribution in [0.5, 0.6) is 0 Å². The van der Waals surface area contributed by atoms with E-state index in [-0.39, 0.29) is 23.3 Å². The summed E-state index contributed by atoms with van der Waals surface area (Å²) in [7, 11) is 1.70. The molecule has 0 aliphatic carbocycles. The summed E-state index contributed by atoms with van der Waals surface area (Å²) in [5, 5.41) is 3.24. The lowest BCUT2D eigenvalue weighted by Crippen LogP contribution is -2.31. The van der Waals surface area contributed by atoms with Gasteiger partial charge in [-0.25, -0.2) is 0 Å². The van der Waals surface area contributed by atoms with Crippen molar-refractivity contribution < 1.29 is 9.53 Å². The van der Waals surface area contributed by atoms with Gasteiger partial charge in [-0.2, -0.15) is 0 Å². The van der Waals surface area contributed by atoms with E-state index < -0.39 is 0 Å². The molecule has 1 saturated heterocycles. The van der Waals surface area contributed by atoms with E-state index in [2.05, 4.69) is 50.4 Å². The van der Waals surface area contributed by atoms with Crippen LogP contribution in [0.15, 0.2) is 24.3 Å². The standard InChI is InChI=1S/C17H25NO2/c1-17(2,3)13-7-5-12(6-8-13)9-16(19)15-10-14(20-4)11-18-15/h5-8,14-15,18H,9-11H2,1-4H3. The van der Waals surface area contributed by atoms with Crippen LogP contribution < -0.4 is 5.32 Å². The molecule has 0 amide bonds. The fourth-order valence-electron chi connectivity index (χ4n) is 2.58. The van der Waals surface area contributed by atoms with Gasteiger partial charge >= 0.3 is 0 Å². The van der Waals surface area contributed by atoms with Crippen LogP contribution in [-0.2, 0) is 21.4 Å². The molecule has 3 heteroatoms. The van der Waals surface area contributed by atoms with E-state index in [9.17, 15) is 4.79 Å². The summed E-state index contributed by atoms with van der Waals surface area (Å²) in [6.45, 7) is 7.36. The highest BCUT2D eigenvalue weighted by molar-refractivity contribution is 5.86. The van der Waals surface area contributed by atoms with E-state index in [1.165, 1.54) is 5.56 Å². The summed E-state index contributed by atoms with van der Waals surface area (Å²) in [4.78, 5) is 12.2. The summed E-state index contributed by atoms with van der Waals surface area (Å²) in [6.07, 6.45) is 1.46. The number of hydrogen-bond acceptors (Lipinski definition) is 3. The zero-order valence-corrected chi connectivity index (χ0v) is 12.9. The van der Waals surface area contributed by atoms with Crippen molar-refractivity contribution in [3.8, 4) is 0 Å². The molecule has 110 valence electrons. The molecule has 1 aliphatic heterocycles. The fourth-order valence-corrected chi connectivity index (χ4v) is 2.58. The summed E-state index contributed by atoms with van der Waals surface area (Å²) < 4.78 is 5.28. The van der Waals surface area contributed by atoms with Crippen LogP contribution in [-0.4, -0.2) is 31.6 Å². The molecule has 1 aromatic rings. The van der Waals surface area contributed by atoms with E-state index >= 15 is 0 Å². The molecule has 1 N–H and O–H groups in total. The molecule has 2 unspecified atom stereocenters. The van der Waals surface area contributed by atoms with Crippen molar-refractivity contribution in [1.29, 1.82) is 0 Å². The number of carbonyl (C=O) groups excluding carboxylic acids is 1. The minimum Gasteiger partial charge on any atom is -0.380 e. The van der Waals surface area contributed by atoms with Gasteiger partial charge < -0.3 is 10.1 Å². The topological polar surface area (TPSA) is 38.3 Å². The van der Waals surface area contributed by atoms with Gasteiger partial charge in [0.25, 0.3) is 0 Å². The zero-order valence-electron chi connectivity index (χ0n) is 12.9. The lowest BCUT2D eigenvalue weighted by Gasteiger charge is -2.19. The van der Waals surface area contributed by atoms with Crippen molar-refractivity contribution in [2.24, 2.45) is 0 Å².